The van der Waals surface area contributed by atoms with Gasteiger partial charge in [-0.05, 0) is 25.0 Å². The van der Waals surface area contributed by atoms with E-state index < -0.39 is 0 Å². The van der Waals surface area contributed by atoms with E-state index in [1.54, 1.807) is 0 Å². The molecule has 2 rings (SSSR count). The van der Waals surface area contributed by atoms with Gasteiger partial charge in [-0.25, -0.2) is 0 Å². The van der Waals surface area contributed by atoms with Crippen LogP contribution in [0.2, 0.25) is 0 Å². The molecule has 1 aromatic rings. The van der Waals surface area contributed by atoms with Crippen LogP contribution in [-0.2, 0) is 9.63 Å². The Morgan fingerprint density at radius 1 is 1.29 bits per heavy atom. The van der Waals surface area contributed by atoms with Crippen molar-refractivity contribution in [1.82, 2.24) is 0 Å². The molecule has 1 aliphatic rings. The summed E-state index contributed by atoms with van der Waals surface area (Å²) in [6.07, 6.45) is 2.18. The number of para-hydroxylation sites is 1. The zero-order valence-electron chi connectivity index (χ0n) is 7.90. The molecule has 0 bridgehead atoms. The molecule has 0 aliphatic heterocycles. The molecule has 0 spiro atoms. The summed E-state index contributed by atoms with van der Waals surface area (Å²) in [5.41, 5.74) is 3.68. The Labute approximate surface area is 83.0 Å². The number of rotatable bonds is 3. The van der Waals surface area contributed by atoms with Gasteiger partial charge in [0.05, 0.1) is 5.69 Å². The maximum absolute atomic E-state index is 11.2. The van der Waals surface area contributed by atoms with E-state index in [9.17, 15) is 4.79 Å². The van der Waals surface area contributed by atoms with Crippen LogP contribution < -0.4 is 5.48 Å². The number of hydrogen-bond acceptors (Lipinski definition) is 3. The predicted octanol–water partition coefficient (Wildman–Crippen LogP) is 2.15. The fourth-order valence-corrected chi connectivity index (χ4v) is 1.55. The van der Waals surface area contributed by atoms with Crippen molar-refractivity contribution < 1.29 is 9.63 Å². The third kappa shape index (κ3) is 2.12. The zero-order valence-corrected chi connectivity index (χ0v) is 7.90. The number of anilines is 1. The lowest BCUT2D eigenvalue weighted by Crippen LogP contribution is -2.20. The summed E-state index contributed by atoms with van der Waals surface area (Å²) in [6.45, 7) is 0. The molecule has 0 saturated heterocycles. The number of benzene rings is 1. The topological polar surface area (TPSA) is 38.3 Å². The third-order valence-electron chi connectivity index (χ3n) is 2.34. The van der Waals surface area contributed by atoms with Crippen LogP contribution in [0, 0.1) is 0 Å². The molecule has 1 aliphatic carbocycles. The average molecular weight is 191 g/mol. The van der Waals surface area contributed by atoms with Crippen LogP contribution in [-0.4, -0.2) is 11.9 Å². The fraction of sp³-hybridized carbons (Fsp3) is 0.364. The lowest BCUT2D eigenvalue weighted by Gasteiger charge is -2.11. The Bertz CT molecular complexity index is 310. The summed E-state index contributed by atoms with van der Waals surface area (Å²) in [6, 6.07) is 9.58. The van der Waals surface area contributed by atoms with Gasteiger partial charge in [0, 0.05) is 6.42 Å². The van der Waals surface area contributed by atoms with Crippen molar-refractivity contribution in [3.8, 4) is 0 Å². The van der Waals surface area contributed by atoms with Crippen LogP contribution in [0.15, 0.2) is 30.3 Å². The first-order chi connectivity index (χ1) is 6.86. The number of hydrogen-bond donors (Lipinski definition) is 1. The van der Waals surface area contributed by atoms with Crippen LogP contribution in [0.5, 0.6) is 0 Å². The van der Waals surface area contributed by atoms with Crippen molar-refractivity contribution in [1.29, 1.82) is 0 Å². The van der Waals surface area contributed by atoms with Gasteiger partial charge in [-0.3, -0.25) is 15.1 Å². The smallest absolute Gasteiger partial charge is 0.164 e. The number of Topliss-reactive ketones (excluding diaryl/α,β-unsaturated/α-hetero) is 1. The van der Waals surface area contributed by atoms with E-state index in [1.807, 2.05) is 30.3 Å². The Morgan fingerprint density at radius 2 is 2.07 bits per heavy atom. The first-order valence-electron chi connectivity index (χ1n) is 4.86. The zero-order chi connectivity index (χ0) is 9.80. The molecule has 1 aromatic carbocycles. The van der Waals surface area contributed by atoms with Crippen molar-refractivity contribution >= 4 is 11.5 Å². The quantitative estimate of drug-likeness (QED) is 0.744. The molecule has 0 heterocycles. The van der Waals surface area contributed by atoms with E-state index in [-0.39, 0.29) is 11.9 Å². The molecular weight excluding hydrogens is 178 g/mol. The van der Waals surface area contributed by atoms with Gasteiger partial charge in [0.1, 0.15) is 6.10 Å². The van der Waals surface area contributed by atoms with Gasteiger partial charge >= 0.3 is 0 Å². The van der Waals surface area contributed by atoms with Crippen LogP contribution in [0.1, 0.15) is 19.3 Å². The van der Waals surface area contributed by atoms with E-state index in [2.05, 4.69) is 5.48 Å². The molecule has 3 heteroatoms. The molecule has 1 fully saturated rings. The molecule has 14 heavy (non-hydrogen) atoms. The Hall–Kier alpha value is -1.35. The molecule has 74 valence electrons. The second-order valence-corrected chi connectivity index (χ2v) is 3.43. The largest absolute Gasteiger partial charge is 0.297 e. The normalized spacial score (nSPS) is 21.1. The summed E-state index contributed by atoms with van der Waals surface area (Å²) in [7, 11) is 0. The second-order valence-electron chi connectivity index (χ2n) is 3.43. The molecule has 1 saturated carbocycles. The summed E-state index contributed by atoms with van der Waals surface area (Å²) in [5.74, 6) is 0.202. The lowest BCUT2D eigenvalue weighted by atomic mass is 10.3. The Balaban J connectivity index is 1.85. The minimum absolute atomic E-state index is 0.202. The van der Waals surface area contributed by atoms with Gasteiger partial charge in [-0.1, -0.05) is 18.2 Å². The average Bonchev–Trinajstić information content (AvgIpc) is 2.63. The van der Waals surface area contributed by atoms with Crippen molar-refractivity contribution in [3.63, 3.8) is 0 Å². The van der Waals surface area contributed by atoms with Crippen molar-refractivity contribution in [2.45, 2.75) is 25.4 Å². The van der Waals surface area contributed by atoms with Crippen LogP contribution in [0.3, 0.4) is 0 Å². The molecule has 0 amide bonds. The summed E-state index contributed by atoms with van der Waals surface area (Å²) >= 11 is 0. The number of carbonyl (C=O) groups is 1. The minimum Gasteiger partial charge on any atom is -0.297 e. The highest BCUT2D eigenvalue weighted by Crippen LogP contribution is 2.18. The van der Waals surface area contributed by atoms with Gasteiger partial charge in [-0.15, -0.1) is 0 Å². The molecule has 1 atom stereocenters. The van der Waals surface area contributed by atoms with Gasteiger partial charge in [-0.2, -0.15) is 0 Å². The second kappa shape index (κ2) is 4.24. The van der Waals surface area contributed by atoms with Gasteiger partial charge < -0.3 is 0 Å². The van der Waals surface area contributed by atoms with Gasteiger partial charge in [0.2, 0.25) is 0 Å². The molecule has 3 nitrogen and oxygen atoms in total. The van der Waals surface area contributed by atoms with Crippen LogP contribution in [0.4, 0.5) is 5.69 Å². The monoisotopic (exact) mass is 191 g/mol. The first kappa shape index (κ1) is 9.21. The highest BCUT2D eigenvalue weighted by molar-refractivity contribution is 5.85. The third-order valence-corrected chi connectivity index (χ3v) is 2.34. The van der Waals surface area contributed by atoms with E-state index in [0.29, 0.717) is 6.42 Å². The van der Waals surface area contributed by atoms with Crippen molar-refractivity contribution in [2.24, 2.45) is 0 Å². The van der Waals surface area contributed by atoms with Crippen molar-refractivity contribution in [3.05, 3.63) is 30.3 Å². The highest BCUT2D eigenvalue weighted by atomic mass is 16.7. The van der Waals surface area contributed by atoms with E-state index in [0.717, 1.165) is 18.5 Å². The SMILES string of the molecule is O=C1CCC[C@@H]1ONc1ccccc1. The van der Waals surface area contributed by atoms with Crippen LogP contribution in [0.25, 0.3) is 0 Å². The summed E-state index contributed by atoms with van der Waals surface area (Å²) in [5, 5.41) is 0. The van der Waals surface area contributed by atoms with E-state index in [1.165, 1.54) is 0 Å². The molecule has 0 unspecified atom stereocenters. The maximum Gasteiger partial charge on any atom is 0.164 e. The molecular formula is C11H13NO2. The lowest BCUT2D eigenvalue weighted by molar-refractivity contribution is -0.125. The summed E-state index contributed by atoms with van der Waals surface area (Å²) in [4.78, 5) is 16.5. The molecule has 0 radical (unpaired) electrons. The van der Waals surface area contributed by atoms with Gasteiger partial charge in [0.15, 0.2) is 5.78 Å². The first-order valence-corrected chi connectivity index (χ1v) is 4.86. The standard InChI is InChI=1S/C11H13NO2/c13-10-7-4-8-11(10)14-12-9-5-2-1-3-6-9/h1-3,5-6,11-12H,4,7-8H2/t11-/m0/s1. The highest BCUT2D eigenvalue weighted by Gasteiger charge is 2.25. The van der Waals surface area contributed by atoms with Crippen molar-refractivity contribution in [2.75, 3.05) is 5.48 Å². The van der Waals surface area contributed by atoms with E-state index in [4.69, 9.17) is 4.84 Å². The van der Waals surface area contributed by atoms with Gasteiger partial charge in [0.25, 0.3) is 0 Å². The number of nitrogens with one attached hydrogen (secondary N) is 1. The maximum atomic E-state index is 11.2. The summed E-state index contributed by atoms with van der Waals surface area (Å²) < 4.78 is 0. The molecule has 1 N–H and O–H groups in total. The predicted molar refractivity (Wildman–Crippen MR) is 53.8 cm³/mol. The van der Waals surface area contributed by atoms with Crippen LogP contribution >= 0.6 is 0 Å². The Kier molecular flexibility index (Phi) is 2.79. The number of carbonyl (C=O) groups excluding carboxylic acids is 1. The van der Waals surface area contributed by atoms with E-state index >= 15 is 0 Å². The Morgan fingerprint density at radius 3 is 2.71 bits per heavy atom. The molecule has 0 aromatic heterocycles. The fourth-order valence-electron chi connectivity index (χ4n) is 1.55. The minimum atomic E-state index is -0.254. The number of ketones is 1.